The Bertz CT molecular complexity index is 571. The molecule has 1 unspecified atom stereocenters. The summed E-state index contributed by atoms with van der Waals surface area (Å²) in [6, 6.07) is 0. The maximum atomic E-state index is 11.2. The highest BCUT2D eigenvalue weighted by atomic mass is 32.2. The van der Waals surface area contributed by atoms with Crippen LogP contribution in [0.4, 0.5) is 0 Å². The maximum Gasteiger partial charge on any atom is 0.275 e. The molecule has 0 fully saturated rings. The lowest BCUT2D eigenvalue weighted by molar-refractivity contribution is 0.679. The molecule has 0 aliphatic carbocycles. The third-order valence-corrected chi connectivity index (χ3v) is 2.55. The summed E-state index contributed by atoms with van der Waals surface area (Å²) >= 11 is 0. The molecule has 14 heavy (non-hydrogen) atoms. The summed E-state index contributed by atoms with van der Waals surface area (Å²) in [4.78, 5) is 19.1. The van der Waals surface area contributed by atoms with Crippen LogP contribution in [0.1, 0.15) is 0 Å². The smallest absolute Gasteiger partial charge is 0.270 e. The Morgan fingerprint density at radius 1 is 1.57 bits per heavy atom. The van der Waals surface area contributed by atoms with Crippen molar-refractivity contribution >= 4 is 21.8 Å². The molecular weight excluding hydrogens is 204 g/mol. The highest BCUT2D eigenvalue weighted by Crippen LogP contribution is 2.05. The molecule has 0 spiro atoms. The van der Waals surface area contributed by atoms with Gasteiger partial charge in [-0.2, -0.15) is 0 Å². The van der Waals surface area contributed by atoms with Crippen LogP contribution in [0.5, 0.6) is 0 Å². The molecular formula is C7H8N4O2S. The van der Waals surface area contributed by atoms with Gasteiger partial charge in [0, 0.05) is 19.5 Å². The molecule has 2 rings (SSSR count). The number of hydrogen-bond acceptors (Lipinski definition) is 4. The van der Waals surface area contributed by atoms with Gasteiger partial charge in [-0.05, 0) is 0 Å². The van der Waals surface area contributed by atoms with Crippen molar-refractivity contribution in [2.45, 2.75) is 5.16 Å². The van der Waals surface area contributed by atoms with Crippen molar-refractivity contribution in [1.82, 2.24) is 19.7 Å². The lowest BCUT2D eigenvalue weighted by Crippen LogP contribution is -2.01. The van der Waals surface area contributed by atoms with E-state index in [4.69, 9.17) is 0 Å². The average molecular weight is 212 g/mol. The van der Waals surface area contributed by atoms with E-state index in [1.807, 2.05) is 0 Å². The van der Waals surface area contributed by atoms with Crippen LogP contribution in [0.15, 0.2) is 16.1 Å². The first kappa shape index (κ1) is 9.07. The molecule has 74 valence electrons. The molecule has 2 heterocycles. The van der Waals surface area contributed by atoms with Gasteiger partial charge in [0.05, 0.1) is 10.8 Å². The van der Waals surface area contributed by atoms with E-state index in [1.165, 1.54) is 17.1 Å². The van der Waals surface area contributed by atoms with Gasteiger partial charge in [-0.25, -0.2) is 9.97 Å². The van der Waals surface area contributed by atoms with Crippen LogP contribution < -0.4 is 5.56 Å². The van der Waals surface area contributed by atoms with E-state index in [0.29, 0.717) is 11.0 Å². The summed E-state index contributed by atoms with van der Waals surface area (Å²) in [6.45, 7) is 0. The van der Waals surface area contributed by atoms with Gasteiger partial charge in [-0.3, -0.25) is 18.8 Å². The average Bonchev–Trinajstić information content (AvgIpc) is 2.42. The van der Waals surface area contributed by atoms with Gasteiger partial charge in [-0.15, -0.1) is 0 Å². The third kappa shape index (κ3) is 1.25. The Morgan fingerprint density at radius 2 is 2.29 bits per heavy atom. The number of aryl methyl sites for hydroxylation is 1. The lowest BCUT2D eigenvalue weighted by atomic mass is 10.4. The summed E-state index contributed by atoms with van der Waals surface area (Å²) in [7, 11) is 0.430. The number of H-pyrrole nitrogens is 1. The fraction of sp³-hybridized carbons (Fsp3) is 0.286. The maximum absolute atomic E-state index is 11.2. The quantitative estimate of drug-likeness (QED) is 0.640. The van der Waals surface area contributed by atoms with Gasteiger partial charge < -0.3 is 0 Å². The predicted octanol–water partition coefficient (Wildman–Crippen LogP) is -0.606. The van der Waals surface area contributed by atoms with Gasteiger partial charge in [0.15, 0.2) is 5.65 Å². The summed E-state index contributed by atoms with van der Waals surface area (Å²) in [5.74, 6) is 0. The highest BCUT2D eigenvalue weighted by molar-refractivity contribution is 7.84. The topological polar surface area (TPSA) is 80.6 Å². The van der Waals surface area contributed by atoms with Crippen molar-refractivity contribution < 1.29 is 4.21 Å². The second-order valence-electron chi connectivity index (χ2n) is 2.84. The first-order valence-electron chi connectivity index (χ1n) is 3.85. The number of nitrogens with one attached hydrogen (secondary N) is 1. The first-order valence-corrected chi connectivity index (χ1v) is 5.40. The number of aromatic amines is 1. The second-order valence-corrected chi connectivity index (χ2v) is 4.12. The number of hydrogen-bond donors (Lipinski definition) is 1. The van der Waals surface area contributed by atoms with Gasteiger partial charge in [0.1, 0.15) is 5.39 Å². The van der Waals surface area contributed by atoms with Crippen LogP contribution in [0.3, 0.4) is 0 Å². The molecule has 2 aromatic rings. The first-order chi connectivity index (χ1) is 6.59. The number of rotatable bonds is 1. The molecule has 2 aromatic heterocycles. The van der Waals surface area contributed by atoms with Gasteiger partial charge in [-0.1, -0.05) is 0 Å². The molecule has 0 bridgehead atoms. The lowest BCUT2D eigenvalue weighted by Gasteiger charge is -1.95. The molecule has 0 amide bonds. The second kappa shape index (κ2) is 3.02. The molecule has 7 heteroatoms. The molecule has 6 nitrogen and oxygen atoms in total. The zero-order valence-corrected chi connectivity index (χ0v) is 8.46. The Morgan fingerprint density at radius 3 is 2.93 bits per heavy atom. The molecule has 0 aliphatic heterocycles. The van der Waals surface area contributed by atoms with Gasteiger partial charge >= 0.3 is 0 Å². The van der Waals surface area contributed by atoms with Gasteiger partial charge in [0.2, 0.25) is 5.16 Å². The standard InChI is InChI=1S/C7H8N4O2S/c1-11-5-4(6(12)10-11)3-8-7(9-5)14(2)13/h3H,1-2H3,(H,10,12). The fourth-order valence-electron chi connectivity index (χ4n) is 1.18. The van der Waals surface area contributed by atoms with E-state index in [2.05, 4.69) is 15.1 Å². The predicted molar refractivity (Wildman–Crippen MR) is 51.5 cm³/mol. The van der Waals surface area contributed by atoms with Crippen LogP contribution in [0, 0.1) is 0 Å². The zero-order valence-electron chi connectivity index (χ0n) is 7.64. The van der Waals surface area contributed by atoms with E-state index in [1.54, 1.807) is 7.05 Å². The highest BCUT2D eigenvalue weighted by Gasteiger charge is 2.08. The van der Waals surface area contributed by atoms with Crippen molar-refractivity contribution in [2.24, 2.45) is 7.05 Å². The molecule has 0 aromatic carbocycles. The van der Waals surface area contributed by atoms with Gasteiger partial charge in [0.25, 0.3) is 5.56 Å². The van der Waals surface area contributed by atoms with Crippen LogP contribution in [-0.2, 0) is 17.8 Å². The van der Waals surface area contributed by atoms with E-state index in [-0.39, 0.29) is 10.7 Å². The normalized spacial score (nSPS) is 13.3. The van der Waals surface area contributed by atoms with Crippen LogP contribution in [0.2, 0.25) is 0 Å². The molecule has 0 saturated carbocycles. The SMILES string of the molecule is Cn1[nH]c(=O)c2cnc(S(C)=O)nc21. The molecule has 1 atom stereocenters. The largest absolute Gasteiger partial charge is 0.275 e. The van der Waals surface area contributed by atoms with Crippen molar-refractivity contribution in [3.05, 3.63) is 16.6 Å². The number of nitrogens with zero attached hydrogens (tertiary/aromatic N) is 3. The summed E-state index contributed by atoms with van der Waals surface area (Å²) in [5, 5.41) is 3.17. The zero-order chi connectivity index (χ0) is 10.3. The Hall–Kier alpha value is -1.50. The minimum atomic E-state index is -1.24. The summed E-state index contributed by atoms with van der Waals surface area (Å²) < 4.78 is 12.6. The van der Waals surface area contributed by atoms with Crippen LogP contribution >= 0.6 is 0 Å². The fourth-order valence-corrected chi connectivity index (χ4v) is 1.59. The Balaban J connectivity index is 2.83. The molecule has 0 saturated heterocycles. The monoisotopic (exact) mass is 212 g/mol. The minimum Gasteiger partial charge on any atom is -0.270 e. The summed E-state index contributed by atoms with van der Waals surface area (Å²) in [6.07, 6.45) is 2.88. The Kier molecular flexibility index (Phi) is 1.95. The van der Waals surface area contributed by atoms with Crippen molar-refractivity contribution in [1.29, 1.82) is 0 Å². The van der Waals surface area contributed by atoms with Crippen LogP contribution in [0.25, 0.3) is 11.0 Å². The Labute approximate surface area is 81.4 Å². The minimum absolute atomic E-state index is 0.229. The molecule has 0 radical (unpaired) electrons. The molecule has 1 N–H and O–H groups in total. The van der Waals surface area contributed by atoms with Crippen molar-refractivity contribution in [3.8, 4) is 0 Å². The van der Waals surface area contributed by atoms with Crippen molar-refractivity contribution in [3.63, 3.8) is 0 Å². The third-order valence-electron chi connectivity index (χ3n) is 1.84. The van der Waals surface area contributed by atoms with E-state index >= 15 is 0 Å². The number of fused-ring (bicyclic) bond motifs is 1. The summed E-state index contributed by atoms with van der Waals surface area (Å²) in [5.41, 5.74) is 0.228. The van der Waals surface area contributed by atoms with Crippen LogP contribution in [-0.4, -0.2) is 30.2 Å². The van der Waals surface area contributed by atoms with Crippen molar-refractivity contribution in [2.75, 3.05) is 6.26 Å². The van der Waals surface area contributed by atoms with E-state index < -0.39 is 10.8 Å². The van der Waals surface area contributed by atoms with E-state index in [0.717, 1.165) is 0 Å². The number of aromatic nitrogens is 4. The van der Waals surface area contributed by atoms with E-state index in [9.17, 15) is 9.00 Å². The molecule has 0 aliphatic rings.